The van der Waals surface area contributed by atoms with Gasteiger partial charge in [-0.2, -0.15) is 0 Å². The van der Waals surface area contributed by atoms with Crippen LogP contribution >= 0.6 is 12.2 Å². The van der Waals surface area contributed by atoms with E-state index in [-0.39, 0.29) is 0 Å². The predicted molar refractivity (Wildman–Crippen MR) is 61.5 cm³/mol. The molecule has 1 aromatic rings. The maximum atomic E-state index is 5.61. The Labute approximate surface area is 88.7 Å². The standard InChI is InChI=1S/C10H13N3S/c1-6-2-5-8(9(11)14)10(12-6)13-7-3-4-7/h2,5,7H,3-4H2,1H3,(H2,11,14)(H,12,13). The second kappa shape index (κ2) is 3.53. The Balaban J connectivity index is 2.31. The highest BCUT2D eigenvalue weighted by molar-refractivity contribution is 7.80. The van der Waals surface area contributed by atoms with E-state index in [0.29, 0.717) is 11.0 Å². The van der Waals surface area contributed by atoms with Gasteiger partial charge in [0, 0.05) is 11.7 Å². The highest BCUT2D eigenvalue weighted by atomic mass is 32.1. The van der Waals surface area contributed by atoms with Gasteiger partial charge in [-0.25, -0.2) is 4.98 Å². The van der Waals surface area contributed by atoms with Crippen LogP contribution in [0, 0.1) is 6.92 Å². The van der Waals surface area contributed by atoms with Gasteiger partial charge in [0.25, 0.3) is 0 Å². The van der Waals surface area contributed by atoms with Gasteiger partial charge in [0.05, 0.1) is 5.56 Å². The summed E-state index contributed by atoms with van der Waals surface area (Å²) in [5, 5.41) is 3.33. The van der Waals surface area contributed by atoms with Gasteiger partial charge in [-0.05, 0) is 31.9 Å². The van der Waals surface area contributed by atoms with E-state index in [1.165, 1.54) is 12.8 Å². The smallest absolute Gasteiger partial charge is 0.136 e. The molecule has 0 atom stereocenters. The Morgan fingerprint density at radius 2 is 2.29 bits per heavy atom. The first kappa shape index (κ1) is 9.40. The molecular formula is C10H13N3S. The van der Waals surface area contributed by atoms with Crippen LogP contribution < -0.4 is 11.1 Å². The fraction of sp³-hybridized carbons (Fsp3) is 0.400. The van der Waals surface area contributed by atoms with Gasteiger partial charge in [-0.1, -0.05) is 12.2 Å². The number of aryl methyl sites for hydroxylation is 1. The average Bonchev–Trinajstić information content (AvgIpc) is 2.87. The molecule has 4 heteroatoms. The zero-order valence-corrected chi connectivity index (χ0v) is 8.90. The fourth-order valence-corrected chi connectivity index (χ4v) is 1.45. The topological polar surface area (TPSA) is 50.9 Å². The van der Waals surface area contributed by atoms with E-state index in [0.717, 1.165) is 17.1 Å². The van der Waals surface area contributed by atoms with Crippen molar-refractivity contribution >= 4 is 23.0 Å². The van der Waals surface area contributed by atoms with Gasteiger partial charge < -0.3 is 11.1 Å². The molecule has 1 aliphatic rings. The fourth-order valence-electron chi connectivity index (χ4n) is 1.29. The second-order valence-electron chi connectivity index (χ2n) is 3.63. The van der Waals surface area contributed by atoms with E-state index >= 15 is 0 Å². The Bertz CT molecular complexity index is 372. The Morgan fingerprint density at radius 3 is 2.86 bits per heavy atom. The van der Waals surface area contributed by atoms with Crippen molar-refractivity contribution in [2.75, 3.05) is 5.32 Å². The van der Waals surface area contributed by atoms with Crippen LogP contribution in [0.5, 0.6) is 0 Å². The third kappa shape index (κ3) is 2.01. The lowest BCUT2D eigenvalue weighted by Crippen LogP contribution is -2.15. The Hall–Kier alpha value is -1.16. The number of anilines is 1. The summed E-state index contributed by atoms with van der Waals surface area (Å²) in [6.45, 7) is 1.96. The van der Waals surface area contributed by atoms with Crippen LogP contribution in [0.15, 0.2) is 12.1 Å². The molecule has 1 saturated carbocycles. The zero-order chi connectivity index (χ0) is 10.1. The molecule has 0 bridgehead atoms. The van der Waals surface area contributed by atoms with Gasteiger partial charge in [-0.3, -0.25) is 0 Å². The first-order chi connectivity index (χ1) is 6.66. The molecular weight excluding hydrogens is 194 g/mol. The normalized spacial score (nSPS) is 15.2. The lowest BCUT2D eigenvalue weighted by molar-refractivity contribution is 1.09. The lowest BCUT2D eigenvalue weighted by atomic mass is 10.2. The first-order valence-electron chi connectivity index (χ1n) is 4.71. The third-order valence-corrected chi connectivity index (χ3v) is 2.44. The molecule has 3 nitrogen and oxygen atoms in total. The van der Waals surface area contributed by atoms with E-state index in [2.05, 4.69) is 10.3 Å². The third-order valence-electron chi connectivity index (χ3n) is 2.22. The highest BCUT2D eigenvalue weighted by Crippen LogP contribution is 2.25. The summed E-state index contributed by atoms with van der Waals surface area (Å²) in [6, 6.07) is 4.42. The molecule has 74 valence electrons. The van der Waals surface area contributed by atoms with Crippen LogP contribution in [0.25, 0.3) is 0 Å². The van der Waals surface area contributed by atoms with Crippen molar-refractivity contribution in [2.45, 2.75) is 25.8 Å². The highest BCUT2D eigenvalue weighted by Gasteiger charge is 2.22. The van der Waals surface area contributed by atoms with Crippen molar-refractivity contribution in [2.24, 2.45) is 5.73 Å². The van der Waals surface area contributed by atoms with Crippen molar-refractivity contribution < 1.29 is 0 Å². The van der Waals surface area contributed by atoms with Gasteiger partial charge >= 0.3 is 0 Å². The number of hydrogen-bond acceptors (Lipinski definition) is 3. The Morgan fingerprint density at radius 1 is 1.57 bits per heavy atom. The van der Waals surface area contributed by atoms with Crippen molar-refractivity contribution in [1.29, 1.82) is 0 Å². The summed E-state index contributed by atoms with van der Waals surface area (Å²) in [5.41, 5.74) is 7.44. The molecule has 1 aliphatic carbocycles. The van der Waals surface area contributed by atoms with E-state index in [9.17, 15) is 0 Å². The molecule has 0 radical (unpaired) electrons. The number of aromatic nitrogens is 1. The number of hydrogen-bond donors (Lipinski definition) is 2. The molecule has 2 rings (SSSR count). The summed E-state index contributed by atoms with van der Waals surface area (Å²) >= 11 is 4.96. The summed E-state index contributed by atoms with van der Waals surface area (Å²) in [5.74, 6) is 0.833. The summed E-state index contributed by atoms with van der Waals surface area (Å²) in [4.78, 5) is 4.80. The molecule has 0 unspecified atom stereocenters. The molecule has 1 fully saturated rings. The average molecular weight is 207 g/mol. The quantitative estimate of drug-likeness (QED) is 0.739. The molecule has 0 amide bonds. The maximum absolute atomic E-state index is 5.61. The Kier molecular flexibility index (Phi) is 2.37. The van der Waals surface area contributed by atoms with Gasteiger partial charge in [-0.15, -0.1) is 0 Å². The van der Waals surface area contributed by atoms with E-state index in [1.807, 2.05) is 19.1 Å². The van der Waals surface area contributed by atoms with E-state index < -0.39 is 0 Å². The van der Waals surface area contributed by atoms with Crippen LogP contribution in [-0.4, -0.2) is 16.0 Å². The molecule has 0 spiro atoms. The van der Waals surface area contributed by atoms with Gasteiger partial charge in [0.15, 0.2) is 0 Å². The molecule has 0 aliphatic heterocycles. The van der Waals surface area contributed by atoms with Crippen molar-refractivity contribution in [1.82, 2.24) is 4.98 Å². The SMILES string of the molecule is Cc1ccc(C(N)=S)c(NC2CC2)n1. The summed E-state index contributed by atoms with van der Waals surface area (Å²) < 4.78 is 0. The molecule has 3 N–H and O–H groups in total. The van der Waals surface area contributed by atoms with Gasteiger partial charge in [0.2, 0.25) is 0 Å². The molecule has 0 aromatic carbocycles. The van der Waals surface area contributed by atoms with E-state index in [1.54, 1.807) is 0 Å². The van der Waals surface area contributed by atoms with Crippen molar-refractivity contribution in [3.05, 3.63) is 23.4 Å². The lowest BCUT2D eigenvalue weighted by Gasteiger charge is -2.09. The van der Waals surface area contributed by atoms with E-state index in [4.69, 9.17) is 18.0 Å². The van der Waals surface area contributed by atoms with Crippen LogP contribution in [0.3, 0.4) is 0 Å². The molecule has 1 aromatic heterocycles. The predicted octanol–water partition coefficient (Wildman–Crippen LogP) is 1.60. The maximum Gasteiger partial charge on any atom is 0.136 e. The zero-order valence-electron chi connectivity index (χ0n) is 8.08. The molecule has 14 heavy (non-hydrogen) atoms. The van der Waals surface area contributed by atoms with Crippen LogP contribution in [0.2, 0.25) is 0 Å². The largest absolute Gasteiger partial charge is 0.389 e. The van der Waals surface area contributed by atoms with Gasteiger partial charge in [0.1, 0.15) is 10.8 Å². The number of nitrogens with two attached hydrogens (primary N) is 1. The summed E-state index contributed by atoms with van der Waals surface area (Å²) in [7, 11) is 0. The van der Waals surface area contributed by atoms with Crippen LogP contribution in [0.1, 0.15) is 24.1 Å². The number of nitrogens with one attached hydrogen (secondary N) is 1. The molecule has 0 saturated heterocycles. The number of nitrogens with zero attached hydrogens (tertiary/aromatic N) is 1. The minimum atomic E-state index is 0.403. The van der Waals surface area contributed by atoms with Crippen LogP contribution in [-0.2, 0) is 0 Å². The van der Waals surface area contributed by atoms with Crippen molar-refractivity contribution in [3.63, 3.8) is 0 Å². The minimum Gasteiger partial charge on any atom is -0.389 e. The van der Waals surface area contributed by atoms with Crippen LogP contribution in [0.4, 0.5) is 5.82 Å². The summed E-state index contributed by atoms with van der Waals surface area (Å²) in [6.07, 6.45) is 2.43. The second-order valence-corrected chi connectivity index (χ2v) is 4.07. The number of pyridine rings is 1. The first-order valence-corrected chi connectivity index (χ1v) is 5.11. The number of thiocarbonyl (C=S) groups is 1. The monoisotopic (exact) mass is 207 g/mol. The van der Waals surface area contributed by atoms with Crippen molar-refractivity contribution in [3.8, 4) is 0 Å². The number of rotatable bonds is 3. The minimum absolute atomic E-state index is 0.403. The molecule has 1 heterocycles.